The molecular formula is C22H27ClN2O2. The quantitative estimate of drug-likeness (QED) is 0.789. The van der Waals surface area contributed by atoms with E-state index < -0.39 is 0 Å². The number of rotatable bonds is 6. The predicted octanol–water partition coefficient (Wildman–Crippen LogP) is 3.98. The van der Waals surface area contributed by atoms with Crippen molar-refractivity contribution < 1.29 is 9.53 Å². The summed E-state index contributed by atoms with van der Waals surface area (Å²) in [4.78, 5) is 12.2. The van der Waals surface area contributed by atoms with E-state index in [0.29, 0.717) is 12.3 Å². The molecule has 3 rings (SSSR count). The van der Waals surface area contributed by atoms with Crippen molar-refractivity contribution in [3.63, 3.8) is 0 Å². The summed E-state index contributed by atoms with van der Waals surface area (Å²) in [7, 11) is 0. The highest BCUT2D eigenvalue weighted by Crippen LogP contribution is 2.39. The molecule has 2 aromatic rings. The summed E-state index contributed by atoms with van der Waals surface area (Å²) < 4.78 is 5.56. The zero-order valence-electron chi connectivity index (χ0n) is 15.7. The summed E-state index contributed by atoms with van der Waals surface area (Å²) in [5, 5.41) is 3.83. The third-order valence-electron chi connectivity index (χ3n) is 5.53. The van der Waals surface area contributed by atoms with Crippen LogP contribution >= 0.6 is 11.6 Å². The van der Waals surface area contributed by atoms with Crippen LogP contribution in [0.2, 0.25) is 5.02 Å². The van der Waals surface area contributed by atoms with Gasteiger partial charge in [0.1, 0.15) is 5.75 Å². The number of ether oxygens (including phenoxy) is 1. The Labute approximate surface area is 166 Å². The number of hydrogen-bond acceptors (Lipinski definition) is 3. The molecule has 0 spiro atoms. The standard InChI is InChI=1S/C22H27ClN2O2/c1-16-5-7-20(8-6-16)27-14-21(26)25-19-9-11-22(15-24,12-10-19)17-3-2-4-18(23)13-17/h2-8,13,19H,9-12,14-15,24H2,1H3,(H,25,26)/t19-,22-. The predicted molar refractivity (Wildman–Crippen MR) is 109 cm³/mol. The van der Waals surface area contributed by atoms with Crippen LogP contribution in [0.4, 0.5) is 0 Å². The molecule has 1 aliphatic rings. The third-order valence-corrected chi connectivity index (χ3v) is 5.76. The minimum atomic E-state index is -0.0800. The first-order valence-corrected chi connectivity index (χ1v) is 9.83. The van der Waals surface area contributed by atoms with Gasteiger partial charge in [0.2, 0.25) is 0 Å². The lowest BCUT2D eigenvalue weighted by atomic mass is 9.68. The van der Waals surface area contributed by atoms with Gasteiger partial charge in [-0.15, -0.1) is 0 Å². The molecule has 0 aromatic heterocycles. The fourth-order valence-corrected chi connectivity index (χ4v) is 3.99. The van der Waals surface area contributed by atoms with Gasteiger partial charge in [-0.1, -0.05) is 41.4 Å². The van der Waals surface area contributed by atoms with Crippen molar-refractivity contribution in [1.82, 2.24) is 5.32 Å². The van der Waals surface area contributed by atoms with Crippen molar-refractivity contribution in [2.45, 2.75) is 44.1 Å². The van der Waals surface area contributed by atoms with Gasteiger partial charge in [0.05, 0.1) is 0 Å². The Morgan fingerprint density at radius 2 is 1.93 bits per heavy atom. The number of carbonyl (C=O) groups is 1. The molecule has 0 radical (unpaired) electrons. The number of aryl methyl sites for hydroxylation is 1. The van der Waals surface area contributed by atoms with Crippen molar-refractivity contribution in [1.29, 1.82) is 0 Å². The van der Waals surface area contributed by atoms with Crippen LogP contribution in [-0.4, -0.2) is 25.1 Å². The average molecular weight is 387 g/mol. The molecule has 1 aliphatic carbocycles. The maximum absolute atomic E-state index is 12.2. The molecule has 0 bridgehead atoms. The molecule has 0 atom stereocenters. The Hall–Kier alpha value is -2.04. The number of nitrogens with two attached hydrogens (primary N) is 1. The van der Waals surface area contributed by atoms with Gasteiger partial charge < -0.3 is 15.8 Å². The third kappa shape index (κ3) is 5.02. The van der Waals surface area contributed by atoms with Crippen molar-refractivity contribution in [3.05, 3.63) is 64.7 Å². The number of nitrogens with one attached hydrogen (secondary N) is 1. The Bertz CT molecular complexity index is 768. The summed E-state index contributed by atoms with van der Waals surface area (Å²) in [5.41, 5.74) is 8.45. The maximum Gasteiger partial charge on any atom is 0.258 e. The highest BCUT2D eigenvalue weighted by Gasteiger charge is 2.36. The van der Waals surface area contributed by atoms with E-state index >= 15 is 0 Å². The Balaban J connectivity index is 1.51. The minimum absolute atomic E-state index is 0.0376. The maximum atomic E-state index is 12.2. The topological polar surface area (TPSA) is 64.3 Å². The van der Waals surface area contributed by atoms with Crippen LogP contribution in [0.5, 0.6) is 5.75 Å². The molecule has 1 fully saturated rings. The lowest BCUT2D eigenvalue weighted by Gasteiger charge is -2.40. The fraction of sp³-hybridized carbons (Fsp3) is 0.409. The molecule has 3 N–H and O–H groups in total. The first-order valence-electron chi connectivity index (χ1n) is 9.46. The van der Waals surface area contributed by atoms with E-state index in [-0.39, 0.29) is 24.0 Å². The monoisotopic (exact) mass is 386 g/mol. The molecule has 27 heavy (non-hydrogen) atoms. The van der Waals surface area contributed by atoms with Crippen LogP contribution in [0.15, 0.2) is 48.5 Å². The van der Waals surface area contributed by atoms with Gasteiger partial charge in [0.25, 0.3) is 5.91 Å². The largest absolute Gasteiger partial charge is 0.484 e. The molecule has 4 nitrogen and oxygen atoms in total. The van der Waals surface area contributed by atoms with E-state index in [1.54, 1.807) is 0 Å². The van der Waals surface area contributed by atoms with Gasteiger partial charge >= 0.3 is 0 Å². The van der Waals surface area contributed by atoms with Crippen LogP contribution in [0.1, 0.15) is 36.8 Å². The molecule has 1 saturated carbocycles. The van der Waals surface area contributed by atoms with Gasteiger partial charge in [0, 0.05) is 23.0 Å². The number of carbonyl (C=O) groups excluding carboxylic acids is 1. The molecule has 0 aliphatic heterocycles. The van der Waals surface area contributed by atoms with Gasteiger partial charge in [-0.2, -0.15) is 0 Å². The second kappa shape index (κ2) is 8.77. The molecule has 2 aromatic carbocycles. The number of amides is 1. The highest BCUT2D eigenvalue weighted by atomic mass is 35.5. The lowest BCUT2D eigenvalue weighted by Crippen LogP contribution is -2.46. The van der Waals surface area contributed by atoms with Crippen LogP contribution in [0.3, 0.4) is 0 Å². The van der Waals surface area contributed by atoms with E-state index in [2.05, 4.69) is 11.4 Å². The van der Waals surface area contributed by atoms with Crippen LogP contribution in [0.25, 0.3) is 0 Å². The van der Waals surface area contributed by atoms with E-state index in [1.807, 2.05) is 49.4 Å². The Morgan fingerprint density at radius 3 is 2.56 bits per heavy atom. The zero-order valence-corrected chi connectivity index (χ0v) is 16.5. The summed E-state index contributed by atoms with van der Waals surface area (Å²) >= 11 is 6.16. The van der Waals surface area contributed by atoms with Crippen molar-refractivity contribution in [3.8, 4) is 5.75 Å². The normalized spacial score (nSPS) is 22.3. The Kier molecular flexibility index (Phi) is 6.40. The first-order chi connectivity index (χ1) is 13.0. The SMILES string of the molecule is Cc1ccc(OCC(=O)N[C@H]2CC[C@](CN)(c3cccc(Cl)c3)CC2)cc1. The van der Waals surface area contributed by atoms with E-state index in [0.717, 1.165) is 36.3 Å². The number of halogens is 1. The first kappa shape index (κ1) is 19.7. The average Bonchev–Trinajstić information content (AvgIpc) is 2.68. The molecular weight excluding hydrogens is 360 g/mol. The zero-order chi connectivity index (χ0) is 19.3. The summed E-state index contributed by atoms with van der Waals surface area (Å²) in [6.07, 6.45) is 3.68. The highest BCUT2D eigenvalue weighted by molar-refractivity contribution is 6.30. The molecule has 144 valence electrons. The van der Waals surface area contributed by atoms with E-state index in [1.165, 1.54) is 5.56 Å². The second-order valence-electron chi connectivity index (χ2n) is 7.44. The summed E-state index contributed by atoms with van der Waals surface area (Å²) in [5.74, 6) is 0.631. The molecule has 5 heteroatoms. The van der Waals surface area contributed by atoms with E-state index in [9.17, 15) is 4.79 Å². The van der Waals surface area contributed by atoms with Crippen LogP contribution < -0.4 is 15.8 Å². The fourth-order valence-electron chi connectivity index (χ4n) is 3.80. The molecule has 1 amide bonds. The van der Waals surface area contributed by atoms with Crippen molar-refractivity contribution >= 4 is 17.5 Å². The van der Waals surface area contributed by atoms with Crippen LogP contribution in [-0.2, 0) is 10.2 Å². The van der Waals surface area contributed by atoms with Gasteiger partial charge in [-0.25, -0.2) is 0 Å². The second-order valence-corrected chi connectivity index (χ2v) is 7.87. The molecule has 0 heterocycles. The number of hydrogen-bond donors (Lipinski definition) is 2. The lowest BCUT2D eigenvalue weighted by molar-refractivity contribution is -0.124. The molecule has 0 unspecified atom stereocenters. The number of benzene rings is 2. The smallest absolute Gasteiger partial charge is 0.258 e. The summed E-state index contributed by atoms with van der Waals surface area (Å²) in [6, 6.07) is 15.8. The van der Waals surface area contributed by atoms with Gasteiger partial charge in [-0.3, -0.25) is 4.79 Å². The summed E-state index contributed by atoms with van der Waals surface area (Å²) in [6.45, 7) is 2.64. The van der Waals surface area contributed by atoms with Gasteiger partial charge in [0.15, 0.2) is 6.61 Å². The van der Waals surface area contributed by atoms with Crippen molar-refractivity contribution in [2.75, 3.05) is 13.2 Å². The van der Waals surface area contributed by atoms with Crippen LogP contribution in [0, 0.1) is 6.92 Å². The Morgan fingerprint density at radius 1 is 1.22 bits per heavy atom. The molecule has 0 saturated heterocycles. The van der Waals surface area contributed by atoms with Gasteiger partial charge in [-0.05, 0) is 62.4 Å². The van der Waals surface area contributed by atoms with E-state index in [4.69, 9.17) is 22.1 Å². The minimum Gasteiger partial charge on any atom is -0.484 e. The van der Waals surface area contributed by atoms with Crippen molar-refractivity contribution in [2.24, 2.45) is 5.73 Å².